The van der Waals surface area contributed by atoms with Crippen LogP contribution in [0.3, 0.4) is 0 Å². The summed E-state index contributed by atoms with van der Waals surface area (Å²) in [4.78, 5) is 26.4. The minimum absolute atomic E-state index is 0.0490. The summed E-state index contributed by atoms with van der Waals surface area (Å²) < 4.78 is 5.24. The Morgan fingerprint density at radius 1 is 1.22 bits per heavy atom. The van der Waals surface area contributed by atoms with Crippen molar-refractivity contribution in [1.82, 2.24) is 5.43 Å². The highest BCUT2D eigenvalue weighted by Crippen LogP contribution is 2.27. The van der Waals surface area contributed by atoms with Crippen LogP contribution in [0, 0.1) is 19.8 Å². The number of nitrogens with one attached hydrogen (secondary N) is 1. The SMILES string of the molecule is COc1ccccc1/C=N\NC(=O)[C@@H]1CC(=O)N(c2ccc(C)c(C)c2)C1. The Hall–Kier alpha value is -3.15. The molecule has 1 saturated heterocycles. The van der Waals surface area contributed by atoms with Gasteiger partial charge in [0.15, 0.2) is 0 Å². The maximum Gasteiger partial charge on any atom is 0.245 e. The summed E-state index contributed by atoms with van der Waals surface area (Å²) in [5.74, 6) is -0.0608. The molecule has 6 heteroatoms. The molecule has 0 aliphatic carbocycles. The molecule has 1 aliphatic heterocycles. The zero-order valence-electron chi connectivity index (χ0n) is 15.7. The lowest BCUT2D eigenvalue weighted by Gasteiger charge is -2.17. The molecule has 27 heavy (non-hydrogen) atoms. The number of aryl methyl sites for hydroxylation is 2. The summed E-state index contributed by atoms with van der Waals surface area (Å²) in [6.45, 7) is 4.40. The quantitative estimate of drug-likeness (QED) is 0.654. The Kier molecular flexibility index (Phi) is 5.54. The van der Waals surface area contributed by atoms with Gasteiger partial charge in [0.25, 0.3) is 0 Å². The summed E-state index contributed by atoms with van der Waals surface area (Å²) in [5, 5.41) is 4.01. The van der Waals surface area contributed by atoms with Crippen LogP contribution in [0.5, 0.6) is 5.75 Å². The average molecular weight is 365 g/mol. The topological polar surface area (TPSA) is 71.0 Å². The summed E-state index contributed by atoms with van der Waals surface area (Å²) in [5.41, 5.74) is 6.42. The van der Waals surface area contributed by atoms with E-state index in [-0.39, 0.29) is 18.2 Å². The fraction of sp³-hybridized carbons (Fsp3) is 0.286. The van der Waals surface area contributed by atoms with E-state index in [2.05, 4.69) is 10.5 Å². The van der Waals surface area contributed by atoms with Crippen molar-refractivity contribution in [3.8, 4) is 5.75 Å². The van der Waals surface area contributed by atoms with Crippen LogP contribution >= 0.6 is 0 Å². The highest BCUT2D eigenvalue weighted by atomic mass is 16.5. The minimum atomic E-state index is -0.422. The highest BCUT2D eigenvalue weighted by molar-refractivity contribution is 6.00. The third-order valence-electron chi connectivity index (χ3n) is 4.82. The lowest BCUT2D eigenvalue weighted by Crippen LogP contribution is -2.30. The highest BCUT2D eigenvalue weighted by Gasteiger charge is 2.35. The molecule has 0 radical (unpaired) electrons. The van der Waals surface area contributed by atoms with Crippen LogP contribution in [0.15, 0.2) is 47.6 Å². The van der Waals surface area contributed by atoms with Crippen molar-refractivity contribution in [2.45, 2.75) is 20.3 Å². The Balaban J connectivity index is 1.63. The van der Waals surface area contributed by atoms with E-state index >= 15 is 0 Å². The third-order valence-corrected chi connectivity index (χ3v) is 4.82. The number of amides is 2. The predicted molar refractivity (Wildman–Crippen MR) is 105 cm³/mol. The van der Waals surface area contributed by atoms with Crippen molar-refractivity contribution < 1.29 is 14.3 Å². The van der Waals surface area contributed by atoms with Crippen LogP contribution in [0.1, 0.15) is 23.1 Å². The number of para-hydroxylation sites is 1. The number of rotatable bonds is 5. The number of hydrogen-bond acceptors (Lipinski definition) is 4. The van der Waals surface area contributed by atoms with Crippen LogP contribution in [0.25, 0.3) is 0 Å². The molecule has 0 saturated carbocycles. The van der Waals surface area contributed by atoms with Crippen molar-refractivity contribution in [1.29, 1.82) is 0 Å². The minimum Gasteiger partial charge on any atom is -0.496 e. The Bertz CT molecular complexity index is 892. The van der Waals surface area contributed by atoms with Crippen LogP contribution in [-0.4, -0.2) is 31.7 Å². The van der Waals surface area contributed by atoms with Gasteiger partial charge in [-0.1, -0.05) is 18.2 Å². The van der Waals surface area contributed by atoms with Crippen molar-refractivity contribution in [2.75, 3.05) is 18.6 Å². The normalized spacial score (nSPS) is 16.8. The van der Waals surface area contributed by atoms with E-state index in [1.54, 1.807) is 12.0 Å². The monoisotopic (exact) mass is 365 g/mol. The van der Waals surface area contributed by atoms with E-state index in [4.69, 9.17) is 4.74 Å². The van der Waals surface area contributed by atoms with Gasteiger partial charge in [0.2, 0.25) is 11.8 Å². The number of carbonyl (C=O) groups is 2. The number of hydrogen-bond donors (Lipinski definition) is 1. The number of ether oxygens (including phenoxy) is 1. The predicted octanol–water partition coefficient (Wildman–Crippen LogP) is 2.82. The maximum atomic E-state index is 12.4. The number of nitrogens with zero attached hydrogens (tertiary/aromatic N) is 2. The molecule has 0 bridgehead atoms. The molecule has 1 atom stereocenters. The molecule has 0 unspecified atom stereocenters. The molecule has 0 aromatic heterocycles. The first-order valence-electron chi connectivity index (χ1n) is 8.83. The second kappa shape index (κ2) is 8.03. The van der Waals surface area contributed by atoms with Gasteiger partial charge in [0, 0.05) is 24.2 Å². The number of hydrazone groups is 1. The molecule has 1 aliphatic rings. The molecule has 6 nitrogen and oxygen atoms in total. The van der Waals surface area contributed by atoms with Gasteiger partial charge in [-0.2, -0.15) is 5.10 Å². The molecule has 1 N–H and O–H groups in total. The smallest absolute Gasteiger partial charge is 0.245 e. The molecule has 1 fully saturated rings. The van der Waals surface area contributed by atoms with Crippen molar-refractivity contribution in [3.63, 3.8) is 0 Å². The zero-order chi connectivity index (χ0) is 19.4. The van der Waals surface area contributed by atoms with E-state index in [0.29, 0.717) is 12.3 Å². The van der Waals surface area contributed by atoms with Gasteiger partial charge >= 0.3 is 0 Å². The number of carbonyl (C=O) groups excluding carboxylic acids is 2. The van der Waals surface area contributed by atoms with Gasteiger partial charge in [-0.05, 0) is 49.2 Å². The average Bonchev–Trinajstić information content (AvgIpc) is 3.06. The van der Waals surface area contributed by atoms with E-state index in [0.717, 1.165) is 16.8 Å². The van der Waals surface area contributed by atoms with Crippen LogP contribution in [0.4, 0.5) is 5.69 Å². The number of benzene rings is 2. The van der Waals surface area contributed by atoms with Crippen LogP contribution in [-0.2, 0) is 9.59 Å². The van der Waals surface area contributed by atoms with Gasteiger partial charge in [-0.15, -0.1) is 0 Å². The largest absolute Gasteiger partial charge is 0.496 e. The van der Waals surface area contributed by atoms with Crippen LogP contribution < -0.4 is 15.1 Å². The zero-order valence-corrected chi connectivity index (χ0v) is 15.7. The molecule has 2 aromatic rings. The first-order chi connectivity index (χ1) is 13.0. The molecular formula is C21H23N3O3. The first kappa shape index (κ1) is 18.6. The second-order valence-electron chi connectivity index (χ2n) is 6.65. The molecule has 140 valence electrons. The molecule has 3 rings (SSSR count). The van der Waals surface area contributed by atoms with E-state index in [1.165, 1.54) is 11.8 Å². The van der Waals surface area contributed by atoms with Crippen molar-refractivity contribution in [2.24, 2.45) is 11.0 Å². The van der Waals surface area contributed by atoms with Crippen molar-refractivity contribution >= 4 is 23.7 Å². The Morgan fingerprint density at radius 3 is 2.74 bits per heavy atom. The standard InChI is InChI=1S/C21H23N3O3/c1-14-8-9-18(10-15(14)2)24-13-17(11-20(24)25)21(26)23-22-12-16-6-4-5-7-19(16)27-3/h4-10,12,17H,11,13H2,1-3H3,(H,23,26)/b22-12-/t17-/m1/s1. The molecule has 0 spiro atoms. The van der Waals surface area contributed by atoms with Gasteiger partial charge in [0.05, 0.1) is 19.2 Å². The number of anilines is 1. The summed E-state index contributed by atoms with van der Waals surface area (Å²) in [7, 11) is 1.58. The van der Waals surface area contributed by atoms with Gasteiger partial charge in [-0.3, -0.25) is 9.59 Å². The number of methoxy groups -OCH3 is 1. The van der Waals surface area contributed by atoms with Crippen molar-refractivity contribution in [3.05, 3.63) is 59.2 Å². The molecular weight excluding hydrogens is 342 g/mol. The molecule has 2 aromatic carbocycles. The van der Waals surface area contributed by atoms with Gasteiger partial charge in [0.1, 0.15) is 5.75 Å². The van der Waals surface area contributed by atoms with Gasteiger partial charge in [-0.25, -0.2) is 5.43 Å². The maximum absolute atomic E-state index is 12.4. The summed E-state index contributed by atoms with van der Waals surface area (Å²) >= 11 is 0. The molecule has 2 amide bonds. The Labute approximate surface area is 158 Å². The fourth-order valence-electron chi connectivity index (χ4n) is 3.06. The fourth-order valence-corrected chi connectivity index (χ4v) is 3.06. The van der Waals surface area contributed by atoms with E-state index in [9.17, 15) is 9.59 Å². The lowest BCUT2D eigenvalue weighted by atomic mass is 10.1. The summed E-state index contributed by atoms with van der Waals surface area (Å²) in [6, 6.07) is 13.3. The molecule has 1 heterocycles. The first-order valence-corrected chi connectivity index (χ1v) is 8.83. The lowest BCUT2D eigenvalue weighted by molar-refractivity contribution is -0.126. The third kappa shape index (κ3) is 4.16. The van der Waals surface area contributed by atoms with Crippen LogP contribution in [0.2, 0.25) is 0 Å². The summed E-state index contributed by atoms with van der Waals surface area (Å²) in [6.07, 6.45) is 1.72. The van der Waals surface area contributed by atoms with Gasteiger partial charge < -0.3 is 9.64 Å². The van der Waals surface area contributed by atoms with E-state index < -0.39 is 5.92 Å². The van der Waals surface area contributed by atoms with E-state index in [1.807, 2.05) is 56.3 Å². The Morgan fingerprint density at radius 2 is 2.00 bits per heavy atom. The second-order valence-corrected chi connectivity index (χ2v) is 6.65.